The van der Waals surface area contributed by atoms with Crippen LogP contribution in [-0.4, -0.2) is 25.7 Å². The number of rotatable bonds is 10. The molecule has 0 saturated carbocycles. The van der Waals surface area contributed by atoms with Gasteiger partial charge in [0.05, 0.1) is 0 Å². The highest BCUT2D eigenvalue weighted by molar-refractivity contribution is 5.86. The first kappa shape index (κ1) is 16.6. The Labute approximate surface area is 111 Å². The van der Waals surface area contributed by atoms with Crippen LogP contribution in [0.1, 0.15) is 33.1 Å². The largest absolute Gasteiger partial charge is 0.461 e. The maximum absolute atomic E-state index is 11.0. The summed E-state index contributed by atoms with van der Waals surface area (Å²) in [5.74, 6) is -0.317. The molecule has 0 aliphatic heterocycles. The van der Waals surface area contributed by atoms with Gasteiger partial charge in [-0.25, -0.2) is 4.79 Å². The molecule has 0 amide bonds. The highest BCUT2D eigenvalue weighted by atomic mass is 16.5. The maximum atomic E-state index is 11.0. The summed E-state index contributed by atoms with van der Waals surface area (Å²) in [6.45, 7) is 9.32. The molecule has 3 nitrogen and oxygen atoms in total. The molecule has 0 rings (SSSR count). The van der Waals surface area contributed by atoms with Crippen molar-refractivity contribution in [1.82, 2.24) is 5.32 Å². The molecule has 102 valence electrons. The smallest absolute Gasteiger partial charge is 0.333 e. The van der Waals surface area contributed by atoms with E-state index in [1.54, 1.807) is 6.92 Å². The SMILES string of the molecule is C=C(C)C(=O)OCCNCCCC=CC=CCC. The second kappa shape index (κ2) is 12.1. The molecule has 0 radical (unpaired) electrons. The first-order valence-corrected chi connectivity index (χ1v) is 6.53. The van der Waals surface area contributed by atoms with E-state index in [0.29, 0.717) is 18.7 Å². The summed E-state index contributed by atoms with van der Waals surface area (Å²) in [5, 5.41) is 3.22. The molecule has 0 unspecified atom stereocenters. The summed E-state index contributed by atoms with van der Waals surface area (Å²) in [4.78, 5) is 11.0. The molecule has 0 atom stereocenters. The van der Waals surface area contributed by atoms with E-state index in [-0.39, 0.29) is 5.97 Å². The third-order valence-electron chi connectivity index (χ3n) is 2.20. The fraction of sp³-hybridized carbons (Fsp3) is 0.533. The number of esters is 1. The van der Waals surface area contributed by atoms with Crippen LogP contribution in [0.3, 0.4) is 0 Å². The van der Waals surface area contributed by atoms with Gasteiger partial charge in [-0.1, -0.05) is 37.8 Å². The van der Waals surface area contributed by atoms with Crippen LogP contribution in [0.4, 0.5) is 0 Å². The standard InChI is InChI=1S/C15H25NO2/c1-4-5-6-7-8-9-10-11-16-12-13-18-15(17)14(2)3/h5-8,16H,2,4,9-13H2,1,3H3. The van der Waals surface area contributed by atoms with Gasteiger partial charge in [0, 0.05) is 12.1 Å². The van der Waals surface area contributed by atoms with Gasteiger partial charge in [0.2, 0.25) is 0 Å². The van der Waals surface area contributed by atoms with Crippen molar-refractivity contribution in [1.29, 1.82) is 0 Å². The molecule has 0 bridgehead atoms. The predicted octanol–water partition coefficient (Wildman–Crippen LogP) is 3.00. The fourth-order valence-electron chi connectivity index (χ4n) is 1.20. The van der Waals surface area contributed by atoms with Crippen molar-refractivity contribution in [3.05, 3.63) is 36.5 Å². The summed E-state index contributed by atoms with van der Waals surface area (Å²) >= 11 is 0. The first-order valence-electron chi connectivity index (χ1n) is 6.53. The second-order valence-electron chi connectivity index (χ2n) is 4.07. The zero-order valence-corrected chi connectivity index (χ0v) is 11.6. The van der Waals surface area contributed by atoms with Crippen LogP contribution in [0.25, 0.3) is 0 Å². The zero-order chi connectivity index (χ0) is 13.6. The van der Waals surface area contributed by atoms with Crippen molar-refractivity contribution >= 4 is 5.97 Å². The van der Waals surface area contributed by atoms with E-state index in [2.05, 4.69) is 43.1 Å². The van der Waals surface area contributed by atoms with E-state index >= 15 is 0 Å². The number of hydrogen-bond donors (Lipinski definition) is 1. The minimum atomic E-state index is -0.317. The topological polar surface area (TPSA) is 38.3 Å². The van der Waals surface area contributed by atoms with E-state index < -0.39 is 0 Å². The number of carbonyl (C=O) groups is 1. The van der Waals surface area contributed by atoms with Gasteiger partial charge < -0.3 is 10.1 Å². The lowest BCUT2D eigenvalue weighted by Crippen LogP contribution is -2.22. The van der Waals surface area contributed by atoms with Crippen LogP contribution in [0.15, 0.2) is 36.5 Å². The predicted molar refractivity (Wildman–Crippen MR) is 76.4 cm³/mol. The Balaban J connectivity index is 3.26. The lowest BCUT2D eigenvalue weighted by atomic mass is 10.3. The van der Waals surface area contributed by atoms with E-state index in [1.165, 1.54) is 0 Å². The molecule has 0 aliphatic rings. The van der Waals surface area contributed by atoms with Crippen LogP contribution < -0.4 is 5.32 Å². The highest BCUT2D eigenvalue weighted by Gasteiger charge is 2.00. The molecule has 0 saturated heterocycles. The fourth-order valence-corrected chi connectivity index (χ4v) is 1.20. The molecule has 18 heavy (non-hydrogen) atoms. The third-order valence-corrected chi connectivity index (χ3v) is 2.20. The Hall–Kier alpha value is -1.35. The van der Waals surface area contributed by atoms with Gasteiger partial charge in [-0.3, -0.25) is 0 Å². The molecule has 1 N–H and O–H groups in total. The molecule has 0 aromatic carbocycles. The molecule has 0 aromatic rings. The van der Waals surface area contributed by atoms with Crippen LogP contribution in [-0.2, 0) is 9.53 Å². The molecule has 0 aromatic heterocycles. The van der Waals surface area contributed by atoms with Crippen molar-refractivity contribution in [3.63, 3.8) is 0 Å². The van der Waals surface area contributed by atoms with Gasteiger partial charge in [-0.15, -0.1) is 0 Å². The third kappa shape index (κ3) is 11.1. The molecule has 0 spiro atoms. The van der Waals surface area contributed by atoms with Gasteiger partial charge in [-0.2, -0.15) is 0 Å². The number of hydrogen-bond acceptors (Lipinski definition) is 3. The molecular weight excluding hydrogens is 226 g/mol. The summed E-state index contributed by atoms with van der Waals surface area (Å²) in [5.41, 5.74) is 0.445. The summed E-state index contributed by atoms with van der Waals surface area (Å²) in [6, 6.07) is 0. The van der Waals surface area contributed by atoms with E-state index in [4.69, 9.17) is 4.74 Å². The number of nitrogens with one attached hydrogen (secondary N) is 1. The Kier molecular flexibility index (Phi) is 11.2. The molecular formula is C15H25NO2. The lowest BCUT2D eigenvalue weighted by Gasteiger charge is -2.05. The number of carbonyl (C=O) groups excluding carboxylic acids is 1. The van der Waals surface area contributed by atoms with Crippen molar-refractivity contribution < 1.29 is 9.53 Å². The number of unbranched alkanes of at least 4 members (excludes halogenated alkanes) is 1. The van der Waals surface area contributed by atoms with Gasteiger partial charge >= 0.3 is 5.97 Å². The van der Waals surface area contributed by atoms with Crippen molar-refractivity contribution in [2.45, 2.75) is 33.1 Å². The van der Waals surface area contributed by atoms with Crippen LogP contribution >= 0.6 is 0 Å². The van der Waals surface area contributed by atoms with Crippen molar-refractivity contribution in [2.24, 2.45) is 0 Å². The average molecular weight is 251 g/mol. The van der Waals surface area contributed by atoms with Crippen molar-refractivity contribution in [2.75, 3.05) is 19.7 Å². The van der Waals surface area contributed by atoms with Crippen LogP contribution in [0, 0.1) is 0 Å². The second-order valence-corrected chi connectivity index (χ2v) is 4.07. The Morgan fingerprint density at radius 3 is 2.67 bits per heavy atom. The first-order chi connectivity index (χ1) is 8.68. The van der Waals surface area contributed by atoms with E-state index in [9.17, 15) is 4.79 Å². The molecule has 0 aliphatic carbocycles. The molecule has 0 heterocycles. The molecule has 0 fully saturated rings. The van der Waals surface area contributed by atoms with Gasteiger partial charge in [0.1, 0.15) is 6.61 Å². The number of allylic oxidation sites excluding steroid dienone is 4. The highest BCUT2D eigenvalue weighted by Crippen LogP contribution is 1.92. The molecule has 3 heteroatoms. The van der Waals surface area contributed by atoms with E-state index in [1.807, 2.05) is 0 Å². The Bertz CT molecular complexity index is 293. The van der Waals surface area contributed by atoms with Gasteiger partial charge in [0.15, 0.2) is 0 Å². The van der Waals surface area contributed by atoms with E-state index in [0.717, 1.165) is 25.8 Å². The van der Waals surface area contributed by atoms with Crippen LogP contribution in [0.5, 0.6) is 0 Å². The maximum Gasteiger partial charge on any atom is 0.333 e. The summed E-state index contributed by atoms with van der Waals surface area (Å²) in [6.07, 6.45) is 11.7. The number of ether oxygens (including phenoxy) is 1. The average Bonchev–Trinajstić information content (AvgIpc) is 2.35. The Morgan fingerprint density at radius 1 is 1.28 bits per heavy atom. The zero-order valence-electron chi connectivity index (χ0n) is 11.6. The van der Waals surface area contributed by atoms with Gasteiger partial charge in [0.25, 0.3) is 0 Å². The van der Waals surface area contributed by atoms with Gasteiger partial charge in [-0.05, 0) is 32.7 Å². The minimum absolute atomic E-state index is 0.317. The lowest BCUT2D eigenvalue weighted by molar-refractivity contribution is -0.138. The summed E-state index contributed by atoms with van der Waals surface area (Å²) in [7, 11) is 0. The summed E-state index contributed by atoms with van der Waals surface area (Å²) < 4.78 is 4.95. The quantitative estimate of drug-likeness (QED) is 0.281. The Morgan fingerprint density at radius 2 is 2.00 bits per heavy atom. The minimum Gasteiger partial charge on any atom is -0.461 e. The van der Waals surface area contributed by atoms with Crippen molar-refractivity contribution in [3.8, 4) is 0 Å². The normalized spacial score (nSPS) is 11.2. The van der Waals surface area contributed by atoms with Crippen LogP contribution in [0.2, 0.25) is 0 Å². The monoisotopic (exact) mass is 251 g/mol.